The van der Waals surface area contributed by atoms with Gasteiger partial charge in [0.15, 0.2) is 0 Å². The number of amides is 4. The number of urea groups is 1. The summed E-state index contributed by atoms with van der Waals surface area (Å²) in [7, 11) is 1.57. The Balaban J connectivity index is 3.02. The average molecular weight is 456 g/mol. The summed E-state index contributed by atoms with van der Waals surface area (Å²) >= 11 is 0.525. The molecule has 6 nitrogen and oxygen atoms in total. The van der Waals surface area contributed by atoms with Gasteiger partial charge in [0.25, 0.3) is 0 Å². The van der Waals surface area contributed by atoms with E-state index in [0.29, 0.717) is 39.0 Å². The van der Waals surface area contributed by atoms with Gasteiger partial charge in [-0.1, -0.05) is 0 Å². The summed E-state index contributed by atoms with van der Waals surface area (Å²) in [6.07, 6.45) is 0.651. The number of ether oxygens (including phenoxy) is 1. The normalized spacial score (nSPS) is 20.5. The summed E-state index contributed by atoms with van der Waals surface area (Å²) in [6.45, 7) is 3.80. The summed E-state index contributed by atoms with van der Waals surface area (Å²) in [4.78, 5) is 37.4. The first kappa shape index (κ1) is 16.6. The van der Waals surface area contributed by atoms with E-state index < -0.39 is 23.3 Å². The molecule has 19 heavy (non-hydrogen) atoms. The van der Waals surface area contributed by atoms with Crippen LogP contribution in [0.3, 0.4) is 0 Å². The van der Waals surface area contributed by atoms with Crippen molar-refractivity contribution in [3.05, 3.63) is 0 Å². The second-order valence-electron chi connectivity index (χ2n) is 4.61. The van der Waals surface area contributed by atoms with E-state index in [9.17, 15) is 14.4 Å². The Morgan fingerprint density at radius 2 is 1.89 bits per heavy atom. The molecule has 0 aliphatic carbocycles. The van der Waals surface area contributed by atoms with Crippen molar-refractivity contribution in [1.29, 1.82) is 0 Å². The molecule has 1 heterocycles. The van der Waals surface area contributed by atoms with E-state index >= 15 is 0 Å². The van der Waals surface area contributed by atoms with Crippen molar-refractivity contribution in [1.82, 2.24) is 10.2 Å². The van der Waals surface area contributed by atoms with Gasteiger partial charge in [0, 0.05) is 0 Å². The van der Waals surface area contributed by atoms with Gasteiger partial charge in [-0.05, 0) is 0 Å². The predicted molar refractivity (Wildman–Crippen MR) is 63.9 cm³/mol. The number of nitrogens with zero attached hydrogens (tertiary/aromatic N) is 1. The van der Waals surface area contributed by atoms with Crippen LogP contribution in [0.1, 0.15) is 26.7 Å². The molecule has 0 saturated carbocycles. The van der Waals surface area contributed by atoms with Crippen molar-refractivity contribution in [3.8, 4) is 0 Å². The topological polar surface area (TPSA) is 75.7 Å². The molecular formula is C12H19HgN2O4. The number of rotatable bonds is 6. The number of imide groups is 2. The number of carbonyl (C=O) groups is 3. The number of carbonyl (C=O) groups excluding carboxylic acids is 3. The summed E-state index contributed by atoms with van der Waals surface area (Å²) in [5.74, 6) is -0.873. The minimum absolute atomic E-state index is 0.127. The number of barbiturate groups is 1. The molecule has 0 aromatic rings. The van der Waals surface area contributed by atoms with Crippen molar-refractivity contribution in [2.24, 2.45) is 5.41 Å². The SMILES string of the molecule is CCC1(CC)C(=O)NC(=O)N(CC([CH2][Hg])OC)C1=O. The number of hydrogen-bond donors (Lipinski definition) is 1. The Kier molecular flexibility index (Phi) is 5.92. The molecule has 1 rings (SSSR count). The van der Waals surface area contributed by atoms with E-state index in [1.807, 2.05) is 0 Å². The third-order valence-electron chi connectivity index (χ3n) is 3.80. The van der Waals surface area contributed by atoms with Gasteiger partial charge >= 0.3 is 129 Å². The van der Waals surface area contributed by atoms with Crippen LogP contribution < -0.4 is 5.32 Å². The second kappa shape index (κ2) is 6.79. The number of methoxy groups -OCH3 is 1. The first-order valence-corrected chi connectivity index (χ1v) is 10.3. The molecule has 0 radical (unpaired) electrons. The van der Waals surface area contributed by atoms with Crippen LogP contribution in [0.2, 0.25) is 3.93 Å². The fraction of sp³-hybridized carbons (Fsp3) is 0.750. The molecule has 1 aliphatic heterocycles. The second-order valence-corrected chi connectivity index (χ2v) is 6.86. The molecule has 1 aliphatic rings. The van der Waals surface area contributed by atoms with Crippen LogP contribution in [-0.4, -0.2) is 42.5 Å². The van der Waals surface area contributed by atoms with Gasteiger partial charge in [-0.2, -0.15) is 0 Å². The van der Waals surface area contributed by atoms with Crippen LogP contribution in [0.25, 0.3) is 0 Å². The zero-order chi connectivity index (χ0) is 14.6. The molecule has 1 N–H and O–H groups in total. The third-order valence-corrected chi connectivity index (χ3v) is 6.31. The third kappa shape index (κ3) is 2.99. The Bertz CT molecular complexity index is 378. The Morgan fingerprint density at radius 3 is 2.32 bits per heavy atom. The van der Waals surface area contributed by atoms with Gasteiger partial charge in [0.05, 0.1) is 0 Å². The summed E-state index contributed by atoms with van der Waals surface area (Å²) in [5, 5.41) is 2.29. The van der Waals surface area contributed by atoms with Gasteiger partial charge in [-0.15, -0.1) is 0 Å². The maximum atomic E-state index is 12.5. The van der Waals surface area contributed by atoms with Crippen molar-refractivity contribution >= 4 is 17.8 Å². The standard InChI is InChI=1S/C12H19N2O4.Hg/c1-5-12(6-2)9(15)13-11(17)14(10(12)16)7-8(3)18-4;/h8H,3,5-7H2,1-2,4H3,(H,13,15,17);. The van der Waals surface area contributed by atoms with E-state index in [4.69, 9.17) is 4.74 Å². The first-order valence-electron chi connectivity index (χ1n) is 6.46. The number of nitrogens with one attached hydrogen (secondary N) is 1. The molecular weight excluding hydrogens is 437 g/mol. The predicted octanol–water partition coefficient (Wildman–Crippen LogP) is 0.851. The molecule has 1 atom stereocenters. The van der Waals surface area contributed by atoms with Crippen molar-refractivity contribution < 1.29 is 45.2 Å². The van der Waals surface area contributed by atoms with E-state index in [-0.39, 0.29) is 12.6 Å². The van der Waals surface area contributed by atoms with E-state index in [1.165, 1.54) is 0 Å². The van der Waals surface area contributed by atoms with Gasteiger partial charge in [0.2, 0.25) is 0 Å². The van der Waals surface area contributed by atoms with Crippen LogP contribution >= 0.6 is 0 Å². The van der Waals surface area contributed by atoms with Crippen LogP contribution in [0, 0.1) is 5.41 Å². The van der Waals surface area contributed by atoms with Gasteiger partial charge in [-0.25, -0.2) is 0 Å². The molecule has 0 bridgehead atoms. The molecule has 0 spiro atoms. The van der Waals surface area contributed by atoms with Crippen molar-refractivity contribution in [2.45, 2.75) is 36.7 Å². The fourth-order valence-corrected chi connectivity index (χ4v) is 3.88. The Labute approximate surface area is 129 Å². The molecule has 1 unspecified atom stereocenters. The summed E-state index contributed by atoms with van der Waals surface area (Å²) in [6, 6.07) is -0.628. The Hall–Kier alpha value is -0.495. The molecule has 103 valence electrons. The molecule has 1 fully saturated rings. The van der Waals surface area contributed by atoms with Crippen molar-refractivity contribution in [3.63, 3.8) is 0 Å². The summed E-state index contributed by atoms with van der Waals surface area (Å²) < 4.78 is 6.13. The van der Waals surface area contributed by atoms with Crippen LogP contribution in [-0.2, 0) is 40.4 Å². The van der Waals surface area contributed by atoms with E-state index in [2.05, 4.69) is 5.32 Å². The monoisotopic (exact) mass is 457 g/mol. The zero-order valence-corrected chi connectivity index (χ0v) is 17.2. The first-order chi connectivity index (χ1) is 8.96. The molecule has 7 heteroatoms. The molecule has 1 saturated heterocycles. The van der Waals surface area contributed by atoms with Gasteiger partial charge < -0.3 is 0 Å². The minimum atomic E-state index is -1.11. The van der Waals surface area contributed by atoms with Gasteiger partial charge in [0.1, 0.15) is 0 Å². The maximum absolute atomic E-state index is 12.5. The zero-order valence-electron chi connectivity index (χ0n) is 11.7. The van der Waals surface area contributed by atoms with Crippen LogP contribution in [0.15, 0.2) is 0 Å². The van der Waals surface area contributed by atoms with E-state index in [0.717, 1.165) is 8.83 Å². The molecule has 0 aromatic heterocycles. The van der Waals surface area contributed by atoms with Crippen LogP contribution in [0.5, 0.6) is 0 Å². The fourth-order valence-electron chi connectivity index (χ4n) is 2.26. The van der Waals surface area contributed by atoms with Crippen molar-refractivity contribution in [2.75, 3.05) is 13.7 Å². The van der Waals surface area contributed by atoms with Gasteiger partial charge in [-0.3, -0.25) is 0 Å². The quantitative estimate of drug-likeness (QED) is 0.476. The Morgan fingerprint density at radius 1 is 1.32 bits per heavy atom. The average Bonchev–Trinajstić information content (AvgIpc) is 2.40. The molecule has 0 aromatic carbocycles. The molecule has 4 amide bonds. The number of hydrogen-bond acceptors (Lipinski definition) is 4. The van der Waals surface area contributed by atoms with Crippen LogP contribution in [0.4, 0.5) is 4.79 Å². The van der Waals surface area contributed by atoms with E-state index in [1.54, 1.807) is 21.0 Å². The summed E-state index contributed by atoms with van der Waals surface area (Å²) in [5.41, 5.74) is -1.11.